The van der Waals surface area contributed by atoms with E-state index in [9.17, 15) is 9.18 Å². The zero-order chi connectivity index (χ0) is 13.1. The second-order valence-corrected chi connectivity index (χ2v) is 3.89. The molecular formula is C12H13FN4O. The smallest absolute Gasteiger partial charge is 0.248 e. The molecule has 0 aliphatic carbocycles. The van der Waals surface area contributed by atoms with Gasteiger partial charge in [-0.15, -0.1) is 0 Å². The van der Waals surface area contributed by atoms with Crippen molar-refractivity contribution in [2.75, 3.05) is 11.1 Å². The number of aromatic nitrogens is 2. The summed E-state index contributed by atoms with van der Waals surface area (Å²) in [4.78, 5) is 11.9. The molecule has 1 aromatic carbocycles. The van der Waals surface area contributed by atoms with Gasteiger partial charge in [-0.25, -0.2) is 4.39 Å². The number of anilines is 2. The highest BCUT2D eigenvalue weighted by Crippen LogP contribution is 2.12. The Kier molecular flexibility index (Phi) is 3.27. The molecule has 1 unspecified atom stereocenters. The van der Waals surface area contributed by atoms with Gasteiger partial charge in [0, 0.05) is 11.9 Å². The number of rotatable bonds is 3. The summed E-state index contributed by atoms with van der Waals surface area (Å²) in [7, 11) is 0. The average molecular weight is 248 g/mol. The Balaban J connectivity index is 2.05. The van der Waals surface area contributed by atoms with E-state index in [0.29, 0.717) is 11.5 Å². The van der Waals surface area contributed by atoms with Crippen molar-refractivity contribution in [3.05, 3.63) is 42.3 Å². The molecule has 0 aliphatic rings. The Hall–Kier alpha value is -2.37. The lowest BCUT2D eigenvalue weighted by Gasteiger charge is -2.12. The third-order valence-corrected chi connectivity index (χ3v) is 2.52. The van der Waals surface area contributed by atoms with Gasteiger partial charge in [-0.05, 0) is 37.3 Å². The molecule has 0 saturated carbocycles. The Bertz CT molecular complexity index is 549. The molecule has 94 valence electrons. The van der Waals surface area contributed by atoms with Crippen LogP contribution in [0.25, 0.3) is 0 Å². The van der Waals surface area contributed by atoms with Gasteiger partial charge in [-0.3, -0.25) is 9.48 Å². The first-order valence-electron chi connectivity index (χ1n) is 5.43. The number of benzene rings is 1. The quantitative estimate of drug-likeness (QED) is 0.870. The van der Waals surface area contributed by atoms with E-state index in [1.54, 1.807) is 19.2 Å². The first-order valence-corrected chi connectivity index (χ1v) is 5.43. The molecule has 3 N–H and O–H groups in total. The van der Waals surface area contributed by atoms with Crippen LogP contribution in [0.4, 0.5) is 15.9 Å². The number of halogens is 1. The van der Waals surface area contributed by atoms with Gasteiger partial charge in [0.05, 0.1) is 0 Å². The summed E-state index contributed by atoms with van der Waals surface area (Å²) >= 11 is 0. The van der Waals surface area contributed by atoms with Gasteiger partial charge in [-0.2, -0.15) is 5.10 Å². The highest BCUT2D eigenvalue weighted by atomic mass is 19.1. The average Bonchev–Trinajstić information content (AvgIpc) is 2.78. The van der Waals surface area contributed by atoms with Crippen molar-refractivity contribution in [2.45, 2.75) is 13.0 Å². The predicted octanol–water partition coefficient (Wildman–Crippen LogP) is 1.80. The summed E-state index contributed by atoms with van der Waals surface area (Å²) in [6, 6.07) is 6.68. The fraction of sp³-hybridized carbons (Fsp3) is 0.167. The van der Waals surface area contributed by atoms with Crippen LogP contribution < -0.4 is 11.1 Å². The number of nitrogen functional groups attached to an aromatic ring is 1. The summed E-state index contributed by atoms with van der Waals surface area (Å²) in [5.41, 5.74) is 6.02. The zero-order valence-electron chi connectivity index (χ0n) is 9.80. The number of carbonyl (C=O) groups is 1. The first-order chi connectivity index (χ1) is 8.56. The van der Waals surface area contributed by atoms with Gasteiger partial charge in [0.15, 0.2) is 0 Å². The Morgan fingerprint density at radius 3 is 2.61 bits per heavy atom. The molecule has 0 saturated heterocycles. The van der Waals surface area contributed by atoms with E-state index < -0.39 is 6.04 Å². The maximum atomic E-state index is 12.7. The molecule has 18 heavy (non-hydrogen) atoms. The Morgan fingerprint density at radius 2 is 2.06 bits per heavy atom. The van der Waals surface area contributed by atoms with Gasteiger partial charge in [-0.1, -0.05) is 0 Å². The van der Waals surface area contributed by atoms with Crippen LogP contribution in [0.15, 0.2) is 36.5 Å². The lowest BCUT2D eigenvalue weighted by atomic mass is 10.2. The molecule has 1 heterocycles. The number of hydrogen-bond donors (Lipinski definition) is 2. The van der Waals surface area contributed by atoms with Crippen molar-refractivity contribution in [2.24, 2.45) is 0 Å². The normalized spacial score (nSPS) is 12.1. The minimum Gasteiger partial charge on any atom is -0.382 e. The van der Waals surface area contributed by atoms with E-state index in [0.717, 1.165) is 0 Å². The molecule has 2 rings (SSSR count). The maximum Gasteiger partial charge on any atom is 0.248 e. The molecule has 1 atom stereocenters. The van der Waals surface area contributed by atoms with E-state index >= 15 is 0 Å². The summed E-state index contributed by atoms with van der Waals surface area (Å²) in [6.45, 7) is 1.70. The third-order valence-electron chi connectivity index (χ3n) is 2.52. The summed E-state index contributed by atoms with van der Waals surface area (Å²) in [5, 5.41) is 6.63. The van der Waals surface area contributed by atoms with E-state index in [4.69, 9.17) is 5.73 Å². The molecule has 5 nitrogen and oxygen atoms in total. The molecule has 1 aromatic heterocycles. The van der Waals surface area contributed by atoms with Crippen LogP contribution in [-0.2, 0) is 4.79 Å². The van der Waals surface area contributed by atoms with Gasteiger partial charge in [0.1, 0.15) is 17.7 Å². The third kappa shape index (κ3) is 2.65. The maximum absolute atomic E-state index is 12.7. The topological polar surface area (TPSA) is 72.9 Å². The number of carbonyl (C=O) groups excluding carboxylic acids is 1. The van der Waals surface area contributed by atoms with Crippen molar-refractivity contribution in [1.82, 2.24) is 9.78 Å². The highest BCUT2D eigenvalue weighted by Gasteiger charge is 2.15. The second kappa shape index (κ2) is 4.87. The summed E-state index contributed by atoms with van der Waals surface area (Å²) in [6.07, 6.45) is 1.63. The predicted molar refractivity (Wildman–Crippen MR) is 66.4 cm³/mol. The molecule has 0 aliphatic heterocycles. The number of nitrogens with one attached hydrogen (secondary N) is 1. The van der Waals surface area contributed by atoms with Crippen LogP contribution in [0, 0.1) is 5.82 Å². The molecule has 0 spiro atoms. The van der Waals surface area contributed by atoms with E-state index in [1.165, 1.54) is 28.9 Å². The zero-order valence-corrected chi connectivity index (χ0v) is 9.80. The number of nitrogens with zero attached hydrogens (tertiary/aromatic N) is 2. The summed E-state index contributed by atoms with van der Waals surface area (Å²) in [5.74, 6) is -0.234. The molecule has 6 heteroatoms. The molecule has 0 bridgehead atoms. The minimum absolute atomic E-state index is 0.246. The fourth-order valence-corrected chi connectivity index (χ4v) is 1.47. The SMILES string of the molecule is CC(C(=O)Nc1ccc(F)cc1)n1ccc(N)n1. The largest absolute Gasteiger partial charge is 0.382 e. The second-order valence-electron chi connectivity index (χ2n) is 3.89. The number of amides is 1. The van der Waals surface area contributed by atoms with Gasteiger partial charge >= 0.3 is 0 Å². The van der Waals surface area contributed by atoms with Crippen LogP contribution >= 0.6 is 0 Å². The first kappa shape index (κ1) is 12.1. The van der Waals surface area contributed by atoms with Gasteiger partial charge < -0.3 is 11.1 Å². The highest BCUT2D eigenvalue weighted by molar-refractivity contribution is 5.93. The molecule has 0 fully saturated rings. The van der Waals surface area contributed by atoms with Gasteiger partial charge in [0.25, 0.3) is 0 Å². The van der Waals surface area contributed by atoms with Crippen molar-refractivity contribution >= 4 is 17.4 Å². The van der Waals surface area contributed by atoms with Gasteiger partial charge in [0.2, 0.25) is 5.91 Å². The molecule has 0 radical (unpaired) electrons. The minimum atomic E-state index is -0.493. The van der Waals surface area contributed by atoms with E-state index in [1.807, 2.05) is 0 Å². The van der Waals surface area contributed by atoms with Crippen LogP contribution in [0.1, 0.15) is 13.0 Å². The molecule has 2 aromatic rings. The Labute approximate surface area is 103 Å². The fourth-order valence-electron chi connectivity index (χ4n) is 1.47. The van der Waals surface area contributed by atoms with Crippen molar-refractivity contribution < 1.29 is 9.18 Å². The van der Waals surface area contributed by atoms with E-state index in [-0.39, 0.29) is 11.7 Å². The summed E-state index contributed by atoms with van der Waals surface area (Å²) < 4.78 is 14.2. The molecular weight excluding hydrogens is 235 g/mol. The lowest BCUT2D eigenvalue weighted by molar-refractivity contribution is -0.119. The van der Waals surface area contributed by atoms with E-state index in [2.05, 4.69) is 10.4 Å². The monoisotopic (exact) mass is 248 g/mol. The standard InChI is InChI=1S/C12H13FN4O/c1-8(17-7-6-11(14)16-17)12(18)15-10-4-2-9(13)3-5-10/h2-8H,1H3,(H2,14,16)(H,15,18). The van der Waals surface area contributed by atoms with Crippen molar-refractivity contribution in [1.29, 1.82) is 0 Å². The van der Waals surface area contributed by atoms with Crippen LogP contribution in [-0.4, -0.2) is 15.7 Å². The van der Waals surface area contributed by atoms with Crippen LogP contribution in [0.5, 0.6) is 0 Å². The van der Waals surface area contributed by atoms with Crippen molar-refractivity contribution in [3.8, 4) is 0 Å². The van der Waals surface area contributed by atoms with Crippen molar-refractivity contribution in [3.63, 3.8) is 0 Å². The lowest BCUT2D eigenvalue weighted by Crippen LogP contribution is -2.24. The number of hydrogen-bond acceptors (Lipinski definition) is 3. The van der Waals surface area contributed by atoms with Crippen LogP contribution in [0.2, 0.25) is 0 Å². The van der Waals surface area contributed by atoms with Crippen LogP contribution in [0.3, 0.4) is 0 Å². The Morgan fingerprint density at radius 1 is 1.39 bits per heavy atom. The molecule has 1 amide bonds. The number of nitrogens with two attached hydrogens (primary N) is 1.